The molecular weight excluding hydrogens is 263 g/mol. The van der Waals surface area contributed by atoms with Crippen LogP contribution in [0.4, 0.5) is 13.2 Å². The molecule has 0 saturated carbocycles. The zero-order valence-electron chi connectivity index (χ0n) is 10.1. The highest BCUT2D eigenvalue weighted by Crippen LogP contribution is 2.37. The average Bonchev–Trinajstić information content (AvgIpc) is 2.70. The van der Waals surface area contributed by atoms with Gasteiger partial charge >= 0.3 is 6.18 Å². The average molecular weight is 275 g/mol. The van der Waals surface area contributed by atoms with Gasteiger partial charge in [0.25, 0.3) is 5.56 Å². The van der Waals surface area contributed by atoms with Crippen LogP contribution in [-0.4, -0.2) is 16.1 Å². The summed E-state index contributed by atoms with van der Waals surface area (Å²) in [6.07, 6.45) is -4.09. The molecule has 0 radical (unpaired) electrons. The van der Waals surface area contributed by atoms with Gasteiger partial charge in [-0.25, -0.2) is 5.10 Å². The minimum absolute atomic E-state index is 0.0791. The molecule has 8 heteroatoms. The Hall–Kier alpha value is -1.86. The lowest BCUT2D eigenvalue weighted by atomic mass is 10.1. The molecule has 2 rings (SSSR count). The molecule has 1 aliphatic rings. The summed E-state index contributed by atoms with van der Waals surface area (Å²) in [5, 5.41) is 8.09. The molecule has 2 N–H and O–H groups in total. The molecule has 5 nitrogen and oxygen atoms in total. The van der Waals surface area contributed by atoms with E-state index < -0.39 is 23.3 Å². The topological polar surface area (TPSA) is 74.8 Å². The first-order valence-corrected chi connectivity index (χ1v) is 5.82. The molecule has 19 heavy (non-hydrogen) atoms. The summed E-state index contributed by atoms with van der Waals surface area (Å²) in [5.41, 5.74) is -2.45. The van der Waals surface area contributed by atoms with Gasteiger partial charge < -0.3 is 5.32 Å². The summed E-state index contributed by atoms with van der Waals surface area (Å²) in [6, 6.07) is -0.569. The number of fused-ring (bicyclic) bond motifs is 1. The van der Waals surface area contributed by atoms with Crippen molar-refractivity contribution < 1.29 is 18.0 Å². The van der Waals surface area contributed by atoms with E-state index in [0.717, 1.165) is 0 Å². The van der Waals surface area contributed by atoms with Gasteiger partial charge in [-0.05, 0) is 18.4 Å². The summed E-state index contributed by atoms with van der Waals surface area (Å²) in [6.45, 7) is 1.65. The van der Waals surface area contributed by atoms with E-state index in [1.807, 2.05) is 5.10 Å². The first-order chi connectivity index (χ1) is 8.84. The maximum atomic E-state index is 12.8. The van der Waals surface area contributed by atoms with Crippen LogP contribution >= 0.6 is 0 Å². The molecule has 1 atom stereocenters. The molecule has 1 aliphatic carbocycles. The molecule has 1 amide bonds. The van der Waals surface area contributed by atoms with Crippen molar-refractivity contribution in [3.8, 4) is 0 Å². The van der Waals surface area contributed by atoms with Crippen LogP contribution in [0.5, 0.6) is 0 Å². The van der Waals surface area contributed by atoms with Crippen molar-refractivity contribution in [2.24, 2.45) is 0 Å². The summed E-state index contributed by atoms with van der Waals surface area (Å²) in [7, 11) is 0. The minimum Gasteiger partial charge on any atom is -0.348 e. The number of aromatic amines is 1. The molecule has 104 valence electrons. The second-order valence-electron chi connectivity index (χ2n) is 4.30. The third kappa shape index (κ3) is 2.47. The van der Waals surface area contributed by atoms with Gasteiger partial charge in [-0.3, -0.25) is 9.59 Å². The molecule has 0 aliphatic heterocycles. The largest absolute Gasteiger partial charge is 0.422 e. The number of nitrogens with one attached hydrogen (secondary N) is 2. The van der Waals surface area contributed by atoms with Crippen LogP contribution in [0.3, 0.4) is 0 Å². The zero-order chi connectivity index (χ0) is 14.2. The van der Waals surface area contributed by atoms with E-state index in [1.165, 1.54) is 0 Å². The number of rotatable bonds is 2. The number of alkyl halides is 3. The van der Waals surface area contributed by atoms with Crippen LogP contribution in [0.1, 0.15) is 42.6 Å². The Morgan fingerprint density at radius 3 is 2.79 bits per heavy atom. The summed E-state index contributed by atoms with van der Waals surface area (Å²) in [4.78, 5) is 22.6. The maximum absolute atomic E-state index is 12.8. The van der Waals surface area contributed by atoms with Crippen molar-refractivity contribution in [2.45, 2.75) is 38.4 Å². The lowest BCUT2D eigenvalue weighted by Gasteiger charge is -2.13. The molecule has 0 saturated heterocycles. The van der Waals surface area contributed by atoms with Crippen molar-refractivity contribution in [1.29, 1.82) is 0 Å². The van der Waals surface area contributed by atoms with Crippen molar-refractivity contribution in [3.63, 3.8) is 0 Å². The van der Waals surface area contributed by atoms with E-state index in [4.69, 9.17) is 0 Å². The third-order valence-electron chi connectivity index (χ3n) is 3.07. The fourth-order valence-corrected chi connectivity index (χ4v) is 2.20. The molecule has 1 aromatic heterocycles. The van der Waals surface area contributed by atoms with Crippen LogP contribution in [0.2, 0.25) is 0 Å². The van der Waals surface area contributed by atoms with Crippen LogP contribution < -0.4 is 10.9 Å². The molecule has 0 spiro atoms. The van der Waals surface area contributed by atoms with E-state index in [0.29, 0.717) is 6.42 Å². The van der Waals surface area contributed by atoms with Crippen LogP contribution in [0.25, 0.3) is 0 Å². The van der Waals surface area contributed by atoms with Gasteiger partial charge in [0.1, 0.15) is 5.56 Å². The number of hydrogen-bond acceptors (Lipinski definition) is 3. The summed E-state index contributed by atoms with van der Waals surface area (Å²) < 4.78 is 38.5. The molecule has 0 bridgehead atoms. The Bertz CT molecular complexity index is 565. The number of amides is 1. The predicted octanol–water partition coefficient (Wildman–Crippen LogP) is 1.30. The zero-order valence-corrected chi connectivity index (χ0v) is 10.1. The highest BCUT2D eigenvalue weighted by molar-refractivity contribution is 5.76. The SMILES string of the molecule is CCC(=O)NC1CCc2c1n[nH]c(=O)c2C(F)(F)F. The number of aromatic nitrogens is 2. The lowest BCUT2D eigenvalue weighted by Crippen LogP contribution is -2.29. The highest BCUT2D eigenvalue weighted by atomic mass is 19.4. The Morgan fingerprint density at radius 1 is 1.53 bits per heavy atom. The molecule has 0 aromatic carbocycles. The molecule has 1 heterocycles. The number of halogens is 3. The second-order valence-corrected chi connectivity index (χ2v) is 4.30. The number of carbonyl (C=O) groups is 1. The molecule has 0 fully saturated rings. The Morgan fingerprint density at radius 2 is 2.21 bits per heavy atom. The molecule has 1 aromatic rings. The second kappa shape index (κ2) is 4.67. The van der Waals surface area contributed by atoms with Gasteiger partial charge in [0, 0.05) is 6.42 Å². The number of nitrogens with zero attached hydrogens (tertiary/aromatic N) is 1. The van der Waals surface area contributed by atoms with Gasteiger partial charge in [-0.1, -0.05) is 6.92 Å². The van der Waals surface area contributed by atoms with Crippen LogP contribution in [-0.2, 0) is 17.4 Å². The number of hydrogen-bond donors (Lipinski definition) is 2. The summed E-state index contributed by atoms with van der Waals surface area (Å²) >= 11 is 0. The van der Waals surface area contributed by atoms with Crippen molar-refractivity contribution in [1.82, 2.24) is 15.5 Å². The van der Waals surface area contributed by atoms with Gasteiger partial charge in [0.15, 0.2) is 0 Å². The number of H-pyrrole nitrogens is 1. The quantitative estimate of drug-likeness (QED) is 0.854. The van der Waals surface area contributed by atoms with Gasteiger partial charge in [-0.2, -0.15) is 18.3 Å². The first-order valence-electron chi connectivity index (χ1n) is 5.82. The monoisotopic (exact) mass is 275 g/mol. The van der Waals surface area contributed by atoms with Crippen molar-refractivity contribution in [3.05, 3.63) is 27.2 Å². The van der Waals surface area contributed by atoms with Crippen molar-refractivity contribution in [2.75, 3.05) is 0 Å². The minimum atomic E-state index is -4.72. The molecule has 1 unspecified atom stereocenters. The standard InChI is InChI=1S/C11H12F3N3O2/c1-2-7(18)15-6-4-3-5-8(11(12,13)14)10(19)17-16-9(5)6/h6H,2-4H2,1H3,(H,15,18)(H,17,19). The third-order valence-corrected chi connectivity index (χ3v) is 3.07. The van der Waals surface area contributed by atoms with E-state index in [9.17, 15) is 22.8 Å². The smallest absolute Gasteiger partial charge is 0.348 e. The Labute approximate surface area is 106 Å². The van der Waals surface area contributed by atoms with E-state index in [2.05, 4.69) is 10.4 Å². The fourth-order valence-electron chi connectivity index (χ4n) is 2.20. The maximum Gasteiger partial charge on any atom is 0.422 e. The highest BCUT2D eigenvalue weighted by Gasteiger charge is 2.41. The van der Waals surface area contributed by atoms with Crippen molar-refractivity contribution >= 4 is 5.91 Å². The Balaban J connectivity index is 2.44. The first kappa shape index (κ1) is 13.6. The van der Waals surface area contributed by atoms with Gasteiger partial charge in [-0.15, -0.1) is 0 Å². The lowest BCUT2D eigenvalue weighted by molar-refractivity contribution is -0.139. The number of carbonyl (C=O) groups excluding carboxylic acids is 1. The van der Waals surface area contributed by atoms with Crippen LogP contribution in [0.15, 0.2) is 4.79 Å². The van der Waals surface area contributed by atoms with E-state index in [-0.39, 0.29) is 30.0 Å². The van der Waals surface area contributed by atoms with Gasteiger partial charge in [0.2, 0.25) is 5.91 Å². The predicted molar refractivity (Wildman–Crippen MR) is 59.4 cm³/mol. The van der Waals surface area contributed by atoms with E-state index in [1.54, 1.807) is 6.92 Å². The Kier molecular flexibility index (Phi) is 3.34. The van der Waals surface area contributed by atoms with E-state index >= 15 is 0 Å². The normalized spacial score (nSPS) is 18.2. The van der Waals surface area contributed by atoms with Crippen LogP contribution in [0, 0.1) is 0 Å². The van der Waals surface area contributed by atoms with Gasteiger partial charge in [0.05, 0.1) is 11.7 Å². The molecular formula is C11H12F3N3O2. The summed E-state index contributed by atoms with van der Waals surface area (Å²) in [5.74, 6) is -0.264. The fraction of sp³-hybridized carbons (Fsp3) is 0.545.